The molecule has 0 N–H and O–H groups in total. The number of carbonyl (C=O) groups excluding carboxylic acids is 1. The Bertz CT molecular complexity index is 917. The van der Waals surface area contributed by atoms with Gasteiger partial charge in [0.15, 0.2) is 6.10 Å². The lowest BCUT2D eigenvalue weighted by Gasteiger charge is -2.22. The predicted octanol–water partition coefficient (Wildman–Crippen LogP) is 4.17. The molecule has 146 valence electrons. The number of aromatic nitrogens is 2. The van der Waals surface area contributed by atoms with Gasteiger partial charge in [0.1, 0.15) is 5.75 Å². The van der Waals surface area contributed by atoms with Crippen molar-refractivity contribution in [1.82, 2.24) is 15.0 Å². The molecule has 2 aromatic carbocycles. The number of amides is 1. The number of rotatable bonds is 7. The molecule has 3 rings (SSSR count). The first kappa shape index (κ1) is 19.6. The van der Waals surface area contributed by atoms with Crippen LogP contribution >= 0.6 is 0 Å². The number of aryl methyl sites for hydroxylation is 2. The van der Waals surface area contributed by atoms with E-state index in [1.807, 2.05) is 69.3 Å². The van der Waals surface area contributed by atoms with Gasteiger partial charge in [0.05, 0.1) is 6.54 Å². The molecule has 3 aromatic rings. The largest absolute Gasteiger partial charge is 0.481 e. The van der Waals surface area contributed by atoms with Gasteiger partial charge in [-0.3, -0.25) is 4.79 Å². The third-order valence-electron chi connectivity index (χ3n) is 4.47. The number of likely N-dealkylation sites (N-methyl/N-ethyl adjacent to an activating group) is 1. The lowest BCUT2D eigenvalue weighted by molar-refractivity contribution is -0.138. The van der Waals surface area contributed by atoms with E-state index in [2.05, 4.69) is 10.1 Å². The zero-order chi connectivity index (χ0) is 20.1. The molecule has 0 radical (unpaired) electrons. The van der Waals surface area contributed by atoms with Gasteiger partial charge in [-0.1, -0.05) is 59.6 Å². The topological polar surface area (TPSA) is 68.5 Å². The average molecular weight is 379 g/mol. The van der Waals surface area contributed by atoms with Gasteiger partial charge in [-0.25, -0.2) is 0 Å². The van der Waals surface area contributed by atoms with Crippen LogP contribution in [0.2, 0.25) is 0 Å². The van der Waals surface area contributed by atoms with Crippen molar-refractivity contribution < 1.29 is 14.1 Å². The highest BCUT2D eigenvalue weighted by Crippen LogP contribution is 2.18. The van der Waals surface area contributed by atoms with Crippen LogP contribution in [0.5, 0.6) is 5.75 Å². The first-order chi connectivity index (χ1) is 13.5. The minimum absolute atomic E-state index is 0.127. The molecule has 0 unspecified atom stereocenters. The fraction of sp³-hybridized carbons (Fsp3) is 0.318. The van der Waals surface area contributed by atoms with E-state index in [9.17, 15) is 4.79 Å². The van der Waals surface area contributed by atoms with Crippen LogP contribution in [0, 0.1) is 13.8 Å². The zero-order valence-electron chi connectivity index (χ0n) is 16.7. The molecular weight excluding hydrogens is 354 g/mol. The Morgan fingerprint density at radius 1 is 1.07 bits per heavy atom. The highest BCUT2D eigenvalue weighted by molar-refractivity contribution is 5.80. The van der Waals surface area contributed by atoms with E-state index >= 15 is 0 Å². The smallest absolute Gasteiger partial charge is 0.263 e. The normalized spacial score (nSPS) is 11.9. The summed E-state index contributed by atoms with van der Waals surface area (Å²) in [6.45, 7) is 6.18. The Hall–Kier alpha value is -3.15. The van der Waals surface area contributed by atoms with Gasteiger partial charge in [0.2, 0.25) is 11.7 Å². The van der Waals surface area contributed by atoms with Gasteiger partial charge in [-0.05, 0) is 32.4 Å². The third-order valence-corrected chi connectivity index (χ3v) is 4.47. The summed E-state index contributed by atoms with van der Waals surface area (Å²) in [7, 11) is 1.71. The maximum atomic E-state index is 12.8. The number of ether oxygens (including phenoxy) is 1. The molecule has 1 amide bonds. The van der Waals surface area contributed by atoms with E-state index in [1.165, 1.54) is 0 Å². The molecule has 0 aliphatic rings. The standard InChI is InChI=1S/C22H25N3O3/c1-5-19(27-18-12-8-16(3)9-13-18)22(26)25(4)14-20-23-21(24-28-20)17-10-6-15(2)7-11-17/h6-13,19H,5,14H2,1-4H3/t19-/m0/s1. The molecule has 0 saturated heterocycles. The van der Waals surface area contributed by atoms with E-state index in [4.69, 9.17) is 9.26 Å². The summed E-state index contributed by atoms with van der Waals surface area (Å²) in [6.07, 6.45) is 0.00220. The second-order valence-electron chi connectivity index (χ2n) is 6.90. The van der Waals surface area contributed by atoms with Gasteiger partial charge in [0, 0.05) is 12.6 Å². The summed E-state index contributed by atoms with van der Waals surface area (Å²) in [4.78, 5) is 18.7. The molecule has 0 saturated carbocycles. The van der Waals surface area contributed by atoms with Crippen LogP contribution < -0.4 is 4.74 Å². The average Bonchev–Trinajstić information content (AvgIpc) is 3.16. The summed E-state index contributed by atoms with van der Waals surface area (Å²) < 4.78 is 11.2. The molecule has 0 aliphatic heterocycles. The zero-order valence-corrected chi connectivity index (χ0v) is 16.7. The molecule has 1 atom stereocenters. The Morgan fingerprint density at radius 2 is 1.68 bits per heavy atom. The molecule has 0 spiro atoms. The minimum Gasteiger partial charge on any atom is -0.481 e. The van der Waals surface area contributed by atoms with Gasteiger partial charge in [0.25, 0.3) is 5.91 Å². The van der Waals surface area contributed by atoms with Gasteiger partial charge in [-0.15, -0.1) is 0 Å². The van der Waals surface area contributed by atoms with E-state index in [1.54, 1.807) is 11.9 Å². The quantitative estimate of drug-likeness (QED) is 0.616. The SMILES string of the molecule is CC[C@H](Oc1ccc(C)cc1)C(=O)N(C)Cc1nc(-c2ccc(C)cc2)no1. The Morgan fingerprint density at radius 3 is 2.29 bits per heavy atom. The van der Waals surface area contributed by atoms with Crippen molar-refractivity contribution in [3.05, 3.63) is 65.5 Å². The van der Waals surface area contributed by atoms with E-state index in [-0.39, 0.29) is 12.5 Å². The number of carbonyl (C=O) groups is 1. The second-order valence-corrected chi connectivity index (χ2v) is 6.90. The highest BCUT2D eigenvalue weighted by Gasteiger charge is 2.24. The molecule has 0 fully saturated rings. The van der Waals surface area contributed by atoms with E-state index < -0.39 is 6.10 Å². The number of hydrogen-bond donors (Lipinski definition) is 0. The predicted molar refractivity (Wildman–Crippen MR) is 107 cm³/mol. The lowest BCUT2D eigenvalue weighted by atomic mass is 10.1. The summed E-state index contributed by atoms with van der Waals surface area (Å²) in [6, 6.07) is 15.5. The molecular formula is C22H25N3O3. The monoisotopic (exact) mass is 379 g/mol. The van der Waals surface area contributed by atoms with E-state index in [0.717, 1.165) is 16.7 Å². The molecule has 28 heavy (non-hydrogen) atoms. The maximum Gasteiger partial charge on any atom is 0.263 e. The number of nitrogens with zero attached hydrogens (tertiary/aromatic N) is 3. The Labute approximate surface area is 165 Å². The highest BCUT2D eigenvalue weighted by atomic mass is 16.5. The van der Waals surface area contributed by atoms with Crippen LogP contribution in [0.15, 0.2) is 53.1 Å². The molecule has 1 aromatic heterocycles. The van der Waals surface area contributed by atoms with Gasteiger partial charge < -0.3 is 14.2 Å². The van der Waals surface area contributed by atoms with Crippen molar-refractivity contribution in [3.8, 4) is 17.1 Å². The van der Waals surface area contributed by atoms with Crippen LogP contribution in [0.4, 0.5) is 0 Å². The number of hydrogen-bond acceptors (Lipinski definition) is 5. The first-order valence-electron chi connectivity index (χ1n) is 9.34. The minimum atomic E-state index is -0.563. The maximum absolute atomic E-state index is 12.8. The number of benzene rings is 2. The fourth-order valence-electron chi connectivity index (χ4n) is 2.76. The summed E-state index contributed by atoms with van der Waals surface area (Å²) >= 11 is 0. The van der Waals surface area contributed by atoms with Gasteiger partial charge in [-0.2, -0.15) is 4.98 Å². The van der Waals surface area contributed by atoms with Crippen molar-refractivity contribution >= 4 is 5.91 Å². The van der Waals surface area contributed by atoms with Crippen molar-refractivity contribution in [2.75, 3.05) is 7.05 Å². The van der Waals surface area contributed by atoms with Crippen molar-refractivity contribution in [3.63, 3.8) is 0 Å². The summed E-state index contributed by atoms with van der Waals surface area (Å²) in [5.74, 6) is 1.45. The molecule has 0 bridgehead atoms. The molecule has 6 nitrogen and oxygen atoms in total. The van der Waals surface area contributed by atoms with Crippen LogP contribution in [-0.2, 0) is 11.3 Å². The van der Waals surface area contributed by atoms with Crippen LogP contribution in [0.1, 0.15) is 30.4 Å². The van der Waals surface area contributed by atoms with Crippen molar-refractivity contribution in [1.29, 1.82) is 0 Å². The summed E-state index contributed by atoms with van der Waals surface area (Å²) in [5.41, 5.74) is 3.19. The third kappa shape index (κ3) is 4.76. The lowest BCUT2D eigenvalue weighted by Crippen LogP contribution is -2.39. The van der Waals surface area contributed by atoms with E-state index in [0.29, 0.717) is 23.9 Å². The molecule has 0 aliphatic carbocycles. The Kier molecular flexibility index (Phi) is 6.09. The fourth-order valence-corrected chi connectivity index (χ4v) is 2.76. The van der Waals surface area contributed by atoms with Crippen molar-refractivity contribution in [2.24, 2.45) is 0 Å². The van der Waals surface area contributed by atoms with Gasteiger partial charge >= 0.3 is 0 Å². The van der Waals surface area contributed by atoms with Crippen LogP contribution in [0.25, 0.3) is 11.4 Å². The van der Waals surface area contributed by atoms with Crippen LogP contribution in [0.3, 0.4) is 0 Å². The Balaban J connectivity index is 1.64. The van der Waals surface area contributed by atoms with Crippen molar-refractivity contribution in [2.45, 2.75) is 39.8 Å². The molecule has 6 heteroatoms. The summed E-state index contributed by atoms with van der Waals surface area (Å²) in [5, 5.41) is 4.01. The molecule has 1 heterocycles. The first-order valence-corrected chi connectivity index (χ1v) is 9.34. The van der Waals surface area contributed by atoms with Crippen LogP contribution in [-0.4, -0.2) is 34.1 Å². The second kappa shape index (κ2) is 8.69.